The molecule has 6 nitrogen and oxygen atoms in total. The summed E-state index contributed by atoms with van der Waals surface area (Å²) in [4.78, 5) is 11.9. The van der Waals surface area contributed by atoms with Gasteiger partial charge in [-0.05, 0) is 66.2 Å². The van der Waals surface area contributed by atoms with Crippen LogP contribution in [0.15, 0.2) is 52.7 Å². The van der Waals surface area contributed by atoms with Crippen molar-refractivity contribution in [1.82, 2.24) is 14.9 Å². The Hall–Kier alpha value is -2.77. The Morgan fingerprint density at radius 2 is 1.78 bits per heavy atom. The summed E-state index contributed by atoms with van der Waals surface area (Å²) in [7, 11) is 0. The van der Waals surface area contributed by atoms with Crippen molar-refractivity contribution in [3.05, 3.63) is 64.9 Å². The number of halogens is 4. The molecule has 13 heteroatoms. The van der Waals surface area contributed by atoms with Crippen LogP contribution in [0.5, 0.6) is 0 Å². The van der Waals surface area contributed by atoms with Crippen molar-refractivity contribution in [2.45, 2.75) is 11.1 Å². The van der Waals surface area contributed by atoms with Crippen LogP contribution in [0.25, 0.3) is 0 Å². The Morgan fingerprint density at radius 3 is 2.41 bits per heavy atom. The minimum absolute atomic E-state index is 0.0772. The molecule has 0 atom stereocenters. The van der Waals surface area contributed by atoms with Gasteiger partial charge >= 0.3 is 6.18 Å². The summed E-state index contributed by atoms with van der Waals surface area (Å²) in [5.74, 6) is -0.774. The first-order valence-corrected chi connectivity index (χ1v) is 11.2. The van der Waals surface area contributed by atoms with Crippen molar-refractivity contribution in [2.75, 3.05) is 22.9 Å². The van der Waals surface area contributed by atoms with E-state index < -0.39 is 17.6 Å². The molecule has 1 amide bonds. The molecular weight excluding hydrogens is 486 g/mol. The van der Waals surface area contributed by atoms with E-state index in [-0.39, 0.29) is 16.5 Å². The molecule has 1 aromatic heterocycles. The molecule has 0 bridgehead atoms. The average Bonchev–Trinajstić information content (AvgIpc) is 3.28. The highest BCUT2D eigenvalue weighted by atomic mass is 32.2. The van der Waals surface area contributed by atoms with Gasteiger partial charge in [-0.3, -0.25) is 4.79 Å². The number of carbonyl (C=O) groups is 1. The molecule has 0 aliphatic rings. The Kier molecular flexibility index (Phi) is 7.99. The second kappa shape index (κ2) is 10.7. The van der Waals surface area contributed by atoms with E-state index >= 15 is 0 Å². The van der Waals surface area contributed by atoms with Gasteiger partial charge in [-0.25, -0.2) is 4.39 Å². The molecular formula is C19H15F4N5OS3. The highest BCUT2D eigenvalue weighted by Gasteiger charge is 2.31. The van der Waals surface area contributed by atoms with Crippen molar-refractivity contribution >= 4 is 57.9 Å². The van der Waals surface area contributed by atoms with Gasteiger partial charge < -0.3 is 16.0 Å². The summed E-state index contributed by atoms with van der Waals surface area (Å²) < 4.78 is 55.6. The number of thiocarbonyl (C=S) groups is 1. The average molecular weight is 502 g/mol. The summed E-state index contributed by atoms with van der Waals surface area (Å²) in [6, 6.07) is 9.07. The summed E-state index contributed by atoms with van der Waals surface area (Å²) in [6.45, 7) is 0.308. The van der Waals surface area contributed by atoms with Crippen LogP contribution in [0.1, 0.15) is 16.1 Å². The highest BCUT2D eigenvalue weighted by Crippen LogP contribution is 2.33. The van der Waals surface area contributed by atoms with Crippen LogP contribution in [0, 0.1) is 5.82 Å². The fourth-order valence-electron chi connectivity index (χ4n) is 2.39. The number of aromatic nitrogens is 2. The number of anilines is 2. The van der Waals surface area contributed by atoms with Crippen LogP contribution in [0.3, 0.4) is 0 Å². The number of carbonyl (C=O) groups excluding carboxylic acids is 1. The van der Waals surface area contributed by atoms with E-state index in [4.69, 9.17) is 12.2 Å². The first kappa shape index (κ1) is 23.9. The van der Waals surface area contributed by atoms with E-state index in [0.29, 0.717) is 34.9 Å². The van der Waals surface area contributed by atoms with Crippen LogP contribution in [-0.4, -0.2) is 32.9 Å². The van der Waals surface area contributed by atoms with E-state index in [9.17, 15) is 22.4 Å². The number of nitrogens with zero attached hydrogens (tertiary/aromatic N) is 2. The lowest BCUT2D eigenvalue weighted by molar-refractivity contribution is -0.137. The van der Waals surface area contributed by atoms with Gasteiger partial charge in [-0.2, -0.15) is 13.2 Å². The number of thioether (sulfide) groups is 1. The van der Waals surface area contributed by atoms with Gasteiger partial charge in [-0.15, -0.1) is 16.9 Å². The van der Waals surface area contributed by atoms with Crippen molar-refractivity contribution in [3.8, 4) is 0 Å². The molecule has 3 rings (SSSR count). The Morgan fingerprint density at radius 1 is 1.09 bits per heavy atom. The second-order valence-corrected chi connectivity index (χ2v) is 8.35. The smallest absolute Gasteiger partial charge is 0.362 e. The quantitative estimate of drug-likeness (QED) is 0.181. The Labute approximate surface area is 194 Å². The SMILES string of the molecule is O=C(Nc1ccc(NC(=S)NCCSc2cc(C(F)(F)F)ccc2F)cc1)c1csnn1. The Balaban J connectivity index is 1.43. The van der Waals surface area contributed by atoms with E-state index in [1.165, 1.54) is 5.38 Å². The number of benzene rings is 2. The van der Waals surface area contributed by atoms with Gasteiger partial charge in [0.2, 0.25) is 0 Å². The lowest BCUT2D eigenvalue weighted by Gasteiger charge is -2.12. The third-order valence-corrected chi connectivity index (χ3v) is 5.68. The number of alkyl halides is 3. The summed E-state index contributed by atoms with van der Waals surface area (Å²) in [5.41, 5.74) is 0.555. The molecule has 0 saturated carbocycles. The van der Waals surface area contributed by atoms with Crippen LogP contribution in [0.2, 0.25) is 0 Å². The molecule has 3 aromatic rings. The zero-order chi connectivity index (χ0) is 23.1. The maximum atomic E-state index is 13.7. The van der Waals surface area contributed by atoms with Gasteiger partial charge in [0.15, 0.2) is 10.8 Å². The molecule has 0 aliphatic carbocycles. The van der Waals surface area contributed by atoms with Gasteiger partial charge in [0, 0.05) is 33.9 Å². The zero-order valence-corrected chi connectivity index (χ0v) is 18.5. The minimum atomic E-state index is -4.52. The van der Waals surface area contributed by atoms with E-state index in [2.05, 4.69) is 25.5 Å². The van der Waals surface area contributed by atoms with Crippen LogP contribution >= 0.6 is 35.5 Å². The lowest BCUT2D eigenvalue weighted by Crippen LogP contribution is -2.30. The standard InChI is InChI=1S/C19H15F4N5OS3/c20-14-6-1-11(19(21,22)23)9-16(14)31-8-7-24-18(30)26-13-4-2-12(3-5-13)25-17(29)15-10-32-28-27-15/h1-6,9-10H,7-8H2,(H,25,29)(H2,24,26,30). The van der Waals surface area contributed by atoms with Crippen molar-refractivity contribution in [1.29, 1.82) is 0 Å². The molecule has 0 aliphatic heterocycles. The molecule has 0 unspecified atom stereocenters. The monoisotopic (exact) mass is 501 g/mol. The number of rotatable bonds is 7. The zero-order valence-electron chi connectivity index (χ0n) is 16.1. The molecule has 168 valence electrons. The van der Waals surface area contributed by atoms with Crippen LogP contribution in [-0.2, 0) is 6.18 Å². The molecule has 0 fully saturated rings. The van der Waals surface area contributed by atoms with Crippen molar-refractivity contribution in [3.63, 3.8) is 0 Å². The fraction of sp³-hybridized carbons (Fsp3) is 0.158. The van der Waals surface area contributed by atoms with Crippen LogP contribution < -0.4 is 16.0 Å². The minimum Gasteiger partial charge on any atom is -0.362 e. The molecule has 0 radical (unpaired) electrons. The van der Waals surface area contributed by atoms with Gasteiger partial charge in [0.1, 0.15) is 5.82 Å². The Bertz CT molecular complexity index is 1080. The topological polar surface area (TPSA) is 78.9 Å². The molecule has 32 heavy (non-hydrogen) atoms. The highest BCUT2D eigenvalue weighted by molar-refractivity contribution is 7.99. The number of amides is 1. The molecule has 3 N–H and O–H groups in total. The summed E-state index contributed by atoms with van der Waals surface area (Å²) in [5, 5.41) is 14.1. The lowest BCUT2D eigenvalue weighted by atomic mass is 10.2. The molecule has 0 spiro atoms. The molecule has 0 saturated heterocycles. The predicted octanol–water partition coefficient (Wildman–Crippen LogP) is 5.03. The van der Waals surface area contributed by atoms with E-state index in [0.717, 1.165) is 35.4 Å². The number of hydrogen-bond acceptors (Lipinski definition) is 6. The van der Waals surface area contributed by atoms with Crippen molar-refractivity contribution < 1.29 is 22.4 Å². The first-order valence-electron chi connectivity index (χ1n) is 8.95. The number of hydrogen-bond donors (Lipinski definition) is 3. The molecule has 1 heterocycles. The summed E-state index contributed by atoms with van der Waals surface area (Å²) in [6.07, 6.45) is -4.52. The molecule has 2 aromatic carbocycles. The number of nitrogens with one attached hydrogen (secondary N) is 3. The third kappa shape index (κ3) is 6.87. The van der Waals surface area contributed by atoms with Crippen LogP contribution in [0.4, 0.5) is 28.9 Å². The maximum absolute atomic E-state index is 13.7. The van der Waals surface area contributed by atoms with Gasteiger partial charge in [0.05, 0.1) is 5.56 Å². The maximum Gasteiger partial charge on any atom is 0.416 e. The first-order chi connectivity index (χ1) is 15.2. The third-order valence-electron chi connectivity index (χ3n) is 3.90. The van der Waals surface area contributed by atoms with E-state index in [1.807, 2.05) is 0 Å². The fourth-order valence-corrected chi connectivity index (χ4v) is 3.88. The van der Waals surface area contributed by atoms with Crippen molar-refractivity contribution in [2.24, 2.45) is 0 Å². The van der Waals surface area contributed by atoms with Gasteiger partial charge in [0.25, 0.3) is 5.91 Å². The summed E-state index contributed by atoms with van der Waals surface area (Å²) >= 11 is 7.22. The normalized spacial score (nSPS) is 11.1. The second-order valence-electron chi connectivity index (χ2n) is 6.19. The predicted molar refractivity (Wildman–Crippen MR) is 121 cm³/mol. The van der Waals surface area contributed by atoms with E-state index in [1.54, 1.807) is 24.3 Å². The largest absolute Gasteiger partial charge is 0.416 e. The van der Waals surface area contributed by atoms with Gasteiger partial charge in [-0.1, -0.05) is 4.49 Å².